The second-order valence-corrected chi connectivity index (χ2v) is 6.98. The largest absolute Gasteiger partial charge is 0.307 e. The van der Waals surface area contributed by atoms with Gasteiger partial charge < -0.3 is 4.57 Å². The summed E-state index contributed by atoms with van der Waals surface area (Å²) in [5.74, 6) is 0.455. The van der Waals surface area contributed by atoms with Crippen LogP contribution in [0.3, 0.4) is 0 Å². The van der Waals surface area contributed by atoms with Crippen LogP contribution >= 0.6 is 0 Å². The van der Waals surface area contributed by atoms with Crippen molar-refractivity contribution in [1.29, 1.82) is 0 Å². The molecule has 5 nitrogen and oxygen atoms in total. The molecule has 140 valence electrons. The van der Waals surface area contributed by atoms with Gasteiger partial charge in [0.15, 0.2) is 5.78 Å². The van der Waals surface area contributed by atoms with Gasteiger partial charge in [-0.25, -0.2) is 9.38 Å². The Hall–Kier alpha value is -3.47. The van der Waals surface area contributed by atoms with E-state index in [0.29, 0.717) is 16.9 Å². The zero-order valence-electron chi connectivity index (χ0n) is 16.1. The summed E-state index contributed by atoms with van der Waals surface area (Å²) in [6.07, 6.45) is 1.73. The SMILES string of the molecule is Cc1cn(C(C)C(=O)c2ccccc2)c2nc(-c3ccccc3)c(C)n2c1=O. The molecule has 0 aliphatic heterocycles. The van der Waals surface area contributed by atoms with Crippen molar-refractivity contribution in [3.8, 4) is 11.3 Å². The number of hydrogen-bond donors (Lipinski definition) is 0. The second kappa shape index (κ2) is 6.93. The van der Waals surface area contributed by atoms with Crippen molar-refractivity contribution in [3.05, 3.63) is 94.0 Å². The molecule has 5 heteroatoms. The molecule has 28 heavy (non-hydrogen) atoms. The topological polar surface area (TPSA) is 56.4 Å². The van der Waals surface area contributed by atoms with Crippen LogP contribution in [0, 0.1) is 13.8 Å². The van der Waals surface area contributed by atoms with Crippen LogP contribution in [-0.4, -0.2) is 19.7 Å². The van der Waals surface area contributed by atoms with Crippen molar-refractivity contribution in [3.63, 3.8) is 0 Å². The van der Waals surface area contributed by atoms with E-state index >= 15 is 0 Å². The Labute approximate surface area is 162 Å². The van der Waals surface area contributed by atoms with Crippen LogP contribution < -0.4 is 5.56 Å². The van der Waals surface area contributed by atoms with Gasteiger partial charge in [0.05, 0.1) is 17.4 Å². The quantitative estimate of drug-likeness (QED) is 0.505. The highest BCUT2D eigenvalue weighted by Gasteiger charge is 2.22. The summed E-state index contributed by atoms with van der Waals surface area (Å²) in [6, 6.07) is 18.5. The predicted molar refractivity (Wildman–Crippen MR) is 110 cm³/mol. The highest BCUT2D eigenvalue weighted by Crippen LogP contribution is 2.25. The summed E-state index contributed by atoms with van der Waals surface area (Å²) in [4.78, 5) is 30.6. The van der Waals surface area contributed by atoms with E-state index < -0.39 is 6.04 Å². The van der Waals surface area contributed by atoms with Crippen LogP contribution in [0.4, 0.5) is 0 Å². The average Bonchev–Trinajstić information content (AvgIpc) is 3.08. The maximum absolute atomic E-state index is 13.0. The smallest absolute Gasteiger partial charge is 0.262 e. The van der Waals surface area contributed by atoms with Gasteiger partial charge in [0.1, 0.15) is 0 Å². The summed E-state index contributed by atoms with van der Waals surface area (Å²) < 4.78 is 3.40. The number of carbonyl (C=O) groups is 1. The molecule has 1 atom stereocenters. The van der Waals surface area contributed by atoms with Crippen LogP contribution in [0.2, 0.25) is 0 Å². The first-order chi connectivity index (χ1) is 13.5. The summed E-state index contributed by atoms with van der Waals surface area (Å²) in [6.45, 7) is 5.49. The number of aryl methyl sites for hydroxylation is 2. The van der Waals surface area contributed by atoms with Gasteiger partial charge >= 0.3 is 0 Å². The van der Waals surface area contributed by atoms with Crippen LogP contribution in [-0.2, 0) is 0 Å². The van der Waals surface area contributed by atoms with Crippen molar-refractivity contribution >= 4 is 11.6 Å². The van der Waals surface area contributed by atoms with Crippen molar-refractivity contribution < 1.29 is 4.79 Å². The monoisotopic (exact) mass is 371 g/mol. The lowest BCUT2D eigenvalue weighted by atomic mass is 10.1. The van der Waals surface area contributed by atoms with Gasteiger partial charge in [-0.3, -0.25) is 9.59 Å². The Morgan fingerprint density at radius 3 is 2.21 bits per heavy atom. The minimum atomic E-state index is -0.491. The lowest BCUT2D eigenvalue weighted by Gasteiger charge is -2.17. The molecule has 0 bridgehead atoms. The zero-order valence-corrected chi connectivity index (χ0v) is 16.1. The minimum Gasteiger partial charge on any atom is -0.307 e. The highest BCUT2D eigenvalue weighted by atomic mass is 16.1. The number of imidazole rings is 1. The Balaban J connectivity index is 1.93. The summed E-state index contributed by atoms with van der Waals surface area (Å²) >= 11 is 0. The number of fused-ring (bicyclic) bond motifs is 1. The lowest BCUT2D eigenvalue weighted by Crippen LogP contribution is -2.25. The first kappa shape index (κ1) is 17.9. The first-order valence-corrected chi connectivity index (χ1v) is 9.24. The van der Waals surface area contributed by atoms with Gasteiger partial charge in [-0.15, -0.1) is 0 Å². The van der Waals surface area contributed by atoms with E-state index in [2.05, 4.69) is 0 Å². The number of rotatable bonds is 4. The Morgan fingerprint density at radius 2 is 1.57 bits per heavy atom. The average molecular weight is 371 g/mol. The van der Waals surface area contributed by atoms with E-state index in [-0.39, 0.29) is 11.3 Å². The molecule has 4 rings (SSSR count). The number of ketones is 1. The standard InChI is InChI=1S/C23H21N3O2/c1-15-14-25(17(3)21(27)19-12-8-5-9-13-19)23-24-20(16(2)26(23)22(15)28)18-10-6-4-7-11-18/h4-14,17H,1-3H3. The van der Waals surface area contributed by atoms with Crippen LogP contribution in [0.25, 0.3) is 17.0 Å². The van der Waals surface area contributed by atoms with Crippen molar-refractivity contribution in [2.45, 2.75) is 26.8 Å². The van der Waals surface area contributed by atoms with Gasteiger partial charge in [0.2, 0.25) is 5.78 Å². The summed E-state index contributed by atoms with van der Waals surface area (Å²) in [5, 5.41) is 0. The van der Waals surface area contributed by atoms with E-state index in [4.69, 9.17) is 4.98 Å². The molecule has 4 aromatic rings. The van der Waals surface area contributed by atoms with E-state index in [0.717, 1.165) is 17.0 Å². The van der Waals surface area contributed by atoms with Crippen molar-refractivity contribution in [1.82, 2.24) is 14.0 Å². The van der Waals surface area contributed by atoms with Gasteiger partial charge in [0, 0.05) is 22.9 Å². The number of Topliss-reactive ketones (excluding diaryl/α,β-unsaturated/α-hetero) is 1. The molecule has 0 saturated heterocycles. The Bertz CT molecular complexity index is 1220. The van der Waals surface area contributed by atoms with E-state index in [1.165, 1.54) is 0 Å². The number of benzene rings is 2. The number of hydrogen-bond acceptors (Lipinski definition) is 3. The normalized spacial score (nSPS) is 12.2. The third-order valence-electron chi connectivity index (χ3n) is 5.10. The molecule has 2 aromatic carbocycles. The molecule has 0 aliphatic carbocycles. The van der Waals surface area contributed by atoms with Crippen LogP contribution in [0.5, 0.6) is 0 Å². The summed E-state index contributed by atoms with van der Waals surface area (Å²) in [5.41, 5.74) is 3.54. The molecule has 2 heterocycles. The maximum Gasteiger partial charge on any atom is 0.262 e. The Morgan fingerprint density at radius 1 is 0.964 bits per heavy atom. The molecular weight excluding hydrogens is 350 g/mol. The molecule has 0 amide bonds. The maximum atomic E-state index is 13.0. The van der Waals surface area contributed by atoms with Crippen LogP contribution in [0.1, 0.15) is 34.6 Å². The molecular formula is C23H21N3O2. The fourth-order valence-corrected chi connectivity index (χ4v) is 3.53. The molecule has 0 fully saturated rings. The fraction of sp³-hybridized carbons (Fsp3) is 0.174. The fourth-order valence-electron chi connectivity index (χ4n) is 3.53. The van der Waals surface area contributed by atoms with Crippen LogP contribution in [0.15, 0.2) is 71.7 Å². The summed E-state index contributed by atoms with van der Waals surface area (Å²) in [7, 11) is 0. The van der Waals surface area contributed by atoms with E-state index in [1.54, 1.807) is 34.2 Å². The van der Waals surface area contributed by atoms with E-state index in [1.807, 2.05) is 62.4 Å². The number of nitrogens with zero attached hydrogens (tertiary/aromatic N) is 3. The van der Waals surface area contributed by atoms with Gasteiger partial charge in [0.25, 0.3) is 5.56 Å². The van der Waals surface area contributed by atoms with Crippen molar-refractivity contribution in [2.24, 2.45) is 0 Å². The highest BCUT2D eigenvalue weighted by molar-refractivity contribution is 5.99. The number of carbonyl (C=O) groups excluding carboxylic acids is 1. The van der Waals surface area contributed by atoms with Crippen molar-refractivity contribution in [2.75, 3.05) is 0 Å². The third kappa shape index (κ3) is 2.85. The third-order valence-corrected chi connectivity index (χ3v) is 5.10. The molecule has 2 aromatic heterocycles. The lowest BCUT2D eigenvalue weighted by molar-refractivity contribution is 0.0936. The molecule has 0 radical (unpaired) electrons. The molecule has 1 unspecified atom stereocenters. The van der Waals surface area contributed by atoms with Gasteiger partial charge in [-0.2, -0.15) is 0 Å². The second-order valence-electron chi connectivity index (χ2n) is 6.98. The zero-order chi connectivity index (χ0) is 19.8. The molecule has 0 spiro atoms. The van der Waals surface area contributed by atoms with E-state index in [9.17, 15) is 9.59 Å². The molecule has 0 saturated carbocycles. The number of aromatic nitrogens is 3. The minimum absolute atomic E-state index is 0.0209. The first-order valence-electron chi connectivity index (χ1n) is 9.24. The Kier molecular flexibility index (Phi) is 4.43. The predicted octanol–water partition coefficient (Wildman–Crippen LogP) is 4.22. The molecule has 0 N–H and O–H groups in total. The van der Waals surface area contributed by atoms with Gasteiger partial charge in [-0.1, -0.05) is 60.7 Å². The van der Waals surface area contributed by atoms with Gasteiger partial charge in [-0.05, 0) is 20.8 Å². The molecule has 0 aliphatic rings.